The van der Waals surface area contributed by atoms with Crippen molar-refractivity contribution in [2.24, 2.45) is 0 Å². The number of amides is 1. The number of pyridine rings is 1. The number of furan rings is 1. The van der Waals surface area contributed by atoms with Gasteiger partial charge >= 0.3 is 0 Å². The maximum absolute atomic E-state index is 11.6. The van der Waals surface area contributed by atoms with Crippen molar-refractivity contribution in [1.29, 1.82) is 0 Å². The number of nitrogens with one attached hydrogen (secondary N) is 1. The van der Waals surface area contributed by atoms with E-state index in [0.717, 1.165) is 0 Å². The highest BCUT2D eigenvalue weighted by atomic mass is 35.5. The fourth-order valence-electron chi connectivity index (χ4n) is 1.25. The monoisotopic (exact) mass is 236 g/mol. The molecule has 0 unspecified atom stereocenters. The molecule has 0 aliphatic rings. The van der Waals surface area contributed by atoms with Crippen LogP contribution < -0.4 is 5.32 Å². The zero-order valence-electron chi connectivity index (χ0n) is 8.53. The molecule has 0 radical (unpaired) electrons. The standard InChI is InChI=1S/C11H9ClN2O2/c1-7-8(4-5-10(12)13-7)14-11(15)9-3-2-6-16-9/h2-6H,1H3,(H,14,15). The van der Waals surface area contributed by atoms with Gasteiger partial charge in [0.25, 0.3) is 5.91 Å². The first kappa shape index (κ1) is 10.7. The number of hydrogen-bond acceptors (Lipinski definition) is 3. The molecule has 0 saturated heterocycles. The summed E-state index contributed by atoms with van der Waals surface area (Å²) in [6, 6.07) is 6.56. The lowest BCUT2D eigenvalue weighted by Gasteiger charge is -2.05. The molecule has 2 aromatic heterocycles. The number of halogens is 1. The van der Waals surface area contributed by atoms with Gasteiger partial charge in [-0.05, 0) is 31.2 Å². The minimum Gasteiger partial charge on any atom is -0.459 e. The van der Waals surface area contributed by atoms with Crippen LogP contribution in [0, 0.1) is 6.92 Å². The molecule has 16 heavy (non-hydrogen) atoms. The Balaban J connectivity index is 2.18. The Kier molecular flexibility index (Phi) is 2.92. The first-order valence-corrected chi connectivity index (χ1v) is 5.02. The highest BCUT2D eigenvalue weighted by molar-refractivity contribution is 6.29. The number of aromatic nitrogens is 1. The molecule has 2 heterocycles. The molecule has 0 aliphatic carbocycles. The second kappa shape index (κ2) is 4.37. The van der Waals surface area contributed by atoms with Crippen molar-refractivity contribution in [3.63, 3.8) is 0 Å². The summed E-state index contributed by atoms with van der Waals surface area (Å²) in [5.41, 5.74) is 1.28. The zero-order valence-corrected chi connectivity index (χ0v) is 9.28. The summed E-state index contributed by atoms with van der Waals surface area (Å²) in [4.78, 5) is 15.7. The predicted octanol–water partition coefficient (Wildman–Crippen LogP) is 2.89. The normalized spacial score (nSPS) is 10.1. The first-order chi connectivity index (χ1) is 7.66. The first-order valence-electron chi connectivity index (χ1n) is 4.65. The molecule has 0 saturated carbocycles. The van der Waals surface area contributed by atoms with E-state index >= 15 is 0 Å². The van der Waals surface area contributed by atoms with Crippen LogP contribution in [0.25, 0.3) is 0 Å². The number of carbonyl (C=O) groups is 1. The van der Waals surface area contributed by atoms with E-state index in [4.69, 9.17) is 16.0 Å². The molecule has 0 atom stereocenters. The van der Waals surface area contributed by atoms with E-state index in [1.54, 1.807) is 31.2 Å². The van der Waals surface area contributed by atoms with Crippen LogP contribution in [0.4, 0.5) is 5.69 Å². The Morgan fingerprint density at radius 2 is 2.25 bits per heavy atom. The maximum Gasteiger partial charge on any atom is 0.291 e. The van der Waals surface area contributed by atoms with Crippen molar-refractivity contribution >= 4 is 23.2 Å². The van der Waals surface area contributed by atoms with Crippen LogP contribution in [0.1, 0.15) is 16.2 Å². The molecule has 0 bridgehead atoms. The summed E-state index contributed by atoms with van der Waals surface area (Å²) in [5, 5.41) is 3.08. The number of rotatable bonds is 2. The second-order valence-corrected chi connectivity index (χ2v) is 3.59. The second-order valence-electron chi connectivity index (χ2n) is 3.20. The minimum atomic E-state index is -0.308. The third-order valence-corrected chi connectivity index (χ3v) is 2.26. The van der Waals surface area contributed by atoms with Crippen LogP contribution in [0.15, 0.2) is 34.9 Å². The van der Waals surface area contributed by atoms with Gasteiger partial charge in [0, 0.05) is 0 Å². The third kappa shape index (κ3) is 2.23. The van der Waals surface area contributed by atoms with Crippen LogP contribution in [0.5, 0.6) is 0 Å². The smallest absolute Gasteiger partial charge is 0.291 e. The van der Waals surface area contributed by atoms with Crippen LogP contribution in [0.2, 0.25) is 5.15 Å². The van der Waals surface area contributed by atoms with Crippen molar-refractivity contribution < 1.29 is 9.21 Å². The molecule has 0 aromatic carbocycles. The van der Waals surface area contributed by atoms with Crippen LogP contribution in [-0.2, 0) is 0 Å². The Morgan fingerprint density at radius 1 is 1.44 bits per heavy atom. The van der Waals surface area contributed by atoms with Gasteiger partial charge in [-0.1, -0.05) is 11.6 Å². The highest BCUT2D eigenvalue weighted by Gasteiger charge is 2.10. The van der Waals surface area contributed by atoms with Gasteiger partial charge in [0.2, 0.25) is 0 Å². The van der Waals surface area contributed by atoms with Gasteiger partial charge in [-0.15, -0.1) is 0 Å². The number of aryl methyl sites for hydroxylation is 1. The van der Waals surface area contributed by atoms with Crippen LogP contribution in [0.3, 0.4) is 0 Å². The van der Waals surface area contributed by atoms with Crippen molar-refractivity contribution in [3.05, 3.63) is 47.1 Å². The topological polar surface area (TPSA) is 55.1 Å². The van der Waals surface area contributed by atoms with Crippen molar-refractivity contribution in [2.45, 2.75) is 6.92 Å². The summed E-state index contributed by atoms with van der Waals surface area (Å²) in [6.45, 7) is 1.77. The van der Waals surface area contributed by atoms with Gasteiger partial charge < -0.3 is 9.73 Å². The van der Waals surface area contributed by atoms with E-state index in [9.17, 15) is 4.79 Å². The Labute approximate surface area is 97.2 Å². The Bertz CT molecular complexity index is 509. The fourth-order valence-corrected chi connectivity index (χ4v) is 1.44. The van der Waals surface area contributed by atoms with Gasteiger partial charge in [0.1, 0.15) is 5.15 Å². The van der Waals surface area contributed by atoms with Gasteiger partial charge in [-0.25, -0.2) is 4.98 Å². The minimum absolute atomic E-state index is 0.259. The van der Waals surface area contributed by atoms with E-state index in [1.165, 1.54) is 6.26 Å². The number of nitrogens with zero attached hydrogens (tertiary/aromatic N) is 1. The Hall–Kier alpha value is -1.81. The molecule has 4 nitrogen and oxygen atoms in total. The van der Waals surface area contributed by atoms with E-state index in [-0.39, 0.29) is 11.7 Å². The van der Waals surface area contributed by atoms with Crippen molar-refractivity contribution in [1.82, 2.24) is 4.98 Å². The van der Waals surface area contributed by atoms with Gasteiger partial charge in [0.15, 0.2) is 5.76 Å². The molecular formula is C11H9ClN2O2. The van der Waals surface area contributed by atoms with Gasteiger partial charge in [-0.3, -0.25) is 4.79 Å². The van der Waals surface area contributed by atoms with E-state index in [2.05, 4.69) is 10.3 Å². The lowest BCUT2D eigenvalue weighted by atomic mass is 10.3. The molecule has 1 N–H and O–H groups in total. The van der Waals surface area contributed by atoms with E-state index in [1.807, 2.05) is 0 Å². The quantitative estimate of drug-likeness (QED) is 0.816. The highest BCUT2D eigenvalue weighted by Crippen LogP contribution is 2.16. The van der Waals surface area contributed by atoms with Crippen LogP contribution >= 0.6 is 11.6 Å². The van der Waals surface area contributed by atoms with Crippen LogP contribution in [-0.4, -0.2) is 10.9 Å². The molecule has 82 valence electrons. The third-order valence-electron chi connectivity index (χ3n) is 2.04. The number of hydrogen-bond donors (Lipinski definition) is 1. The van der Waals surface area contributed by atoms with Gasteiger partial charge in [0.05, 0.1) is 17.6 Å². The average Bonchev–Trinajstić information content (AvgIpc) is 2.75. The zero-order chi connectivity index (χ0) is 11.5. The summed E-state index contributed by atoms with van der Waals surface area (Å²) in [7, 11) is 0. The lowest BCUT2D eigenvalue weighted by Crippen LogP contribution is -2.12. The molecule has 0 aliphatic heterocycles. The molecule has 1 amide bonds. The number of carbonyl (C=O) groups excluding carboxylic acids is 1. The maximum atomic E-state index is 11.6. The van der Waals surface area contributed by atoms with E-state index < -0.39 is 0 Å². The van der Waals surface area contributed by atoms with Gasteiger partial charge in [-0.2, -0.15) is 0 Å². The molecule has 2 aromatic rings. The Morgan fingerprint density at radius 3 is 2.88 bits per heavy atom. The largest absolute Gasteiger partial charge is 0.459 e. The summed E-state index contributed by atoms with van der Waals surface area (Å²) in [5.74, 6) is -0.0495. The summed E-state index contributed by atoms with van der Waals surface area (Å²) < 4.78 is 4.97. The van der Waals surface area contributed by atoms with E-state index in [0.29, 0.717) is 16.5 Å². The molecule has 2 rings (SSSR count). The molecule has 0 fully saturated rings. The molecule has 0 spiro atoms. The average molecular weight is 237 g/mol. The summed E-state index contributed by atoms with van der Waals surface area (Å²) >= 11 is 5.71. The molecule has 5 heteroatoms. The lowest BCUT2D eigenvalue weighted by molar-refractivity contribution is 0.0996. The predicted molar refractivity (Wildman–Crippen MR) is 60.6 cm³/mol. The number of anilines is 1. The SMILES string of the molecule is Cc1nc(Cl)ccc1NC(=O)c1ccco1. The molecular weight excluding hydrogens is 228 g/mol. The summed E-state index contributed by atoms with van der Waals surface area (Å²) in [6.07, 6.45) is 1.45. The fraction of sp³-hybridized carbons (Fsp3) is 0.0909. The van der Waals surface area contributed by atoms with Crippen molar-refractivity contribution in [2.75, 3.05) is 5.32 Å². The van der Waals surface area contributed by atoms with Crippen molar-refractivity contribution in [3.8, 4) is 0 Å².